The molecule has 0 radical (unpaired) electrons. The van der Waals surface area contributed by atoms with E-state index in [1.807, 2.05) is 0 Å². The molecule has 6 nitrogen and oxygen atoms in total. The Bertz CT molecular complexity index is 450. The molecular weight excluding hydrogens is 220 g/mol. The molecule has 2 heterocycles. The summed E-state index contributed by atoms with van der Waals surface area (Å²) in [6.07, 6.45) is 8.66. The first-order valence-corrected chi connectivity index (χ1v) is 5.46. The van der Waals surface area contributed by atoms with E-state index in [0.29, 0.717) is 12.1 Å². The van der Waals surface area contributed by atoms with Gasteiger partial charge in [-0.15, -0.1) is 0 Å². The normalized spacial score (nSPS) is 12.5. The van der Waals surface area contributed by atoms with E-state index in [1.165, 1.54) is 6.33 Å². The molecule has 0 bridgehead atoms. The molecule has 90 valence electrons. The van der Waals surface area contributed by atoms with Crippen molar-refractivity contribution in [3.63, 3.8) is 0 Å². The van der Waals surface area contributed by atoms with Gasteiger partial charge in [-0.2, -0.15) is 0 Å². The van der Waals surface area contributed by atoms with Crippen molar-refractivity contribution in [3.8, 4) is 0 Å². The molecule has 1 atom stereocenters. The number of carboxylic acid groups (broad SMARTS) is 1. The van der Waals surface area contributed by atoms with Crippen LogP contribution in [0.15, 0.2) is 25.0 Å². The SMILES string of the molecule is O=C(O)C(CCCc1cnc[nH]1)c1c[nH]cn1. The summed E-state index contributed by atoms with van der Waals surface area (Å²) < 4.78 is 0. The molecule has 3 N–H and O–H groups in total. The van der Waals surface area contributed by atoms with Gasteiger partial charge in [0, 0.05) is 18.1 Å². The molecule has 6 heteroatoms. The number of rotatable bonds is 6. The van der Waals surface area contributed by atoms with Crippen LogP contribution in [-0.2, 0) is 11.2 Å². The Morgan fingerprint density at radius 2 is 2.35 bits per heavy atom. The second kappa shape index (κ2) is 5.29. The Kier molecular flexibility index (Phi) is 3.54. The number of H-pyrrole nitrogens is 2. The van der Waals surface area contributed by atoms with Crippen molar-refractivity contribution >= 4 is 5.97 Å². The van der Waals surface area contributed by atoms with Crippen LogP contribution < -0.4 is 0 Å². The fourth-order valence-electron chi connectivity index (χ4n) is 1.78. The van der Waals surface area contributed by atoms with Gasteiger partial charge in [-0.05, 0) is 19.3 Å². The molecule has 0 aliphatic rings. The molecule has 0 amide bonds. The summed E-state index contributed by atoms with van der Waals surface area (Å²) in [5.41, 5.74) is 1.61. The number of aliphatic carboxylic acids is 1. The van der Waals surface area contributed by atoms with Crippen LogP contribution in [0.4, 0.5) is 0 Å². The number of aryl methyl sites for hydroxylation is 1. The molecule has 2 aromatic heterocycles. The highest BCUT2D eigenvalue weighted by molar-refractivity contribution is 5.75. The van der Waals surface area contributed by atoms with E-state index in [-0.39, 0.29) is 0 Å². The van der Waals surface area contributed by atoms with E-state index in [2.05, 4.69) is 19.9 Å². The van der Waals surface area contributed by atoms with E-state index < -0.39 is 11.9 Å². The molecule has 2 aromatic rings. The number of carboxylic acids is 1. The van der Waals surface area contributed by atoms with Gasteiger partial charge >= 0.3 is 5.97 Å². The third kappa shape index (κ3) is 2.93. The summed E-state index contributed by atoms with van der Waals surface area (Å²) in [4.78, 5) is 24.8. The Hall–Kier alpha value is -2.11. The zero-order valence-electron chi connectivity index (χ0n) is 9.26. The summed E-state index contributed by atoms with van der Waals surface area (Å²) in [6.45, 7) is 0. The molecule has 2 rings (SSSR count). The summed E-state index contributed by atoms with van der Waals surface area (Å²) >= 11 is 0. The number of hydrogen-bond acceptors (Lipinski definition) is 3. The lowest BCUT2D eigenvalue weighted by Gasteiger charge is -2.08. The van der Waals surface area contributed by atoms with E-state index in [4.69, 9.17) is 5.11 Å². The highest BCUT2D eigenvalue weighted by atomic mass is 16.4. The molecule has 17 heavy (non-hydrogen) atoms. The molecule has 0 aromatic carbocycles. The van der Waals surface area contributed by atoms with Crippen molar-refractivity contribution in [3.05, 3.63) is 36.4 Å². The lowest BCUT2D eigenvalue weighted by Crippen LogP contribution is -2.12. The number of nitrogens with zero attached hydrogens (tertiary/aromatic N) is 2. The number of hydrogen-bond donors (Lipinski definition) is 3. The minimum Gasteiger partial charge on any atom is -0.481 e. The van der Waals surface area contributed by atoms with Crippen molar-refractivity contribution in [2.45, 2.75) is 25.2 Å². The standard InChI is InChI=1S/C11H14N4O2/c16-11(17)9(10-5-13-7-15-10)3-1-2-8-4-12-6-14-8/h4-7,9H,1-3H2,(H,12,14)(H,13,15)(H,16,17). The number of carbonyl (C=O) groups is 1. The lowest BCUT2D eigenvalue weighted by molar-refractivity contribution is -0.139. The molecule has 0 saturated carbocycles. The number of nitrogens with one attached hydrogen (secondary N) is 2. The van der Waals surface area contributed by atoms with Crippen LogP contribution in [-0.4, -0.2) is 31.0 Å². The van der Waals surface area contributed by atoms with Crippen molar-refractivity contribution in [2.75, 3.05) is 0 Å². The predicted molar refractivity (Wildman–Crippen MR) is 60.5 cm³/mol. The minimum atomic E-state index is -0.832. The second-order valence-corrected chi connectivity index (χ2v) is 3.85. The van der Waals surface area contributed by atoms with Crippen molar-refractivity contribution in [1.82, 2.24) is 19.9 Å². The van der Waals surface area contributed by atoms with Crippen LogP contribution in [0.2, 0.25) is 0 Å². The maximum atomic E-state index is 11.1. The first-order chi connectivity index (χ1) is 8.27. The minimum absolute atomic E-state index is 0.538. The molecule has 1 unspecified atom stereocenters. The van der Waals surface area contributed by atoms with Crippen LogP contribution in [0.5, 0.6) is 0 Å². The lowest BCUT2D eigenvalue weighted by atomic mass is 9.98. The number of aromatic amines is 2. The van der Waals surface area contributed by atoms with E-state index in [0.717, 1.165) is 18.5 Å². The Morgan fingerprint density at radius 1 is 1.47 bits per heavy atom. The van der Waals surface area contributed by atoms with Crippen LogP contribution in [0.1, 0.15) is 30.1 Å². The highest BCUT2D eigenvalue weighted by Crippen LogP contribution is 2.20. The largest absolute Gasteiger partial charge is 0.481 e. The van der Waals surface area contributed by atoms with Crippen LogP contribution in [0.25, 0.3) is 0 Å². The maximum Gasteiger partial charge on any atom is 0.312 e. The second-order valence-electron chi connectivity index (χ2n) is 3.85. The van der Waals surface area contributed by atoms with Gasteiger partial charge in [0.05, 0.1) is 18.3 Å². The van der Waals surface area contributed by atoms with E-state index in [9.17, 15) is 4.79 Å². The highest BCUT2D eigenvalue weighted by Gasteiger charge is 2.21. The summed E-state index contributed by atoms with van der Waals surface area (Å²) in [5.74, 6) is -1.37. The van der Waals surface area contributed by atoms with E-state index in [1.54, 1.807) is 18.7 Å². The zero-order chi connectivity index (χ0) is 12.1. The fraction of sp³-hybridized carbons (Fsp3) is 0.364. The van der Waals surface area contributed by atoms with Crippen LogP contribution in [0.3, 0.4) is 0 Å². The first-order valence-electron chi connectivity index (χ1n) is 5.46. The molecule has 0 aliphatic carbocycles. The summed E-state index contributed by atoms with van der Waals surface area (Å²) in [6, 6.07) is 0. The quantitative estimate of drug-likeness (QED) is 0.702. The van der Waals surface area contributed by atoms with Gasteiger partial charge in [0.2, 0.25) is 0 Å². The topological polar surface area (TPSA) is 94.7 Å². The van der Waals surface area contributed by atoms with Gasteiger partial charge in [0.1, 0.15) is 5.92 Å². The van der Waals surface area contributed by atoms with Gasteiger partial charge in [0.25, 0.3) is 0 Å². The van der Waals surface area contributed by atoms with Gasteiger partial charge in [0.15, 0.2) is 0 Å². The van der Waals surface area contributed by atoms with Crippen LogP contribution >= 0.6 is 0 Å². The smallest absolute Gasteiger partial charge is 0.312 e. The Labute approximate surface area is 98.1 Å². The molecule has 0 aliphatic heterocycles. The maximum absolute atomic E-state index is 11.1. The van der Waals surface area contributed by atoms with Gasteiger partial charge in [-0.25, -0.2) is 9.97 Å². The Morgan fingerprint density at radius 3 is 2.94 bits per heavy atom. The number of imidazole rings is 2. The molecule has 0 spiro atoms. The summed E-state index contributed by atoms with van der Waals surface area (Å²) in [5, 5.41) is 9.13. The number of aromatic nitrogens is 4. The van der Waals surface area contributed by atoms with E-state index >= 15 is 0 Å². The van der Waals surface area contributed by atoms with Crippen molar-refractivity contribution in [2.24, 2.45) is 0 Å². The Balaban J connectivity index is 1.89. The average molecular weight is 234 g/mol. The monoisotopic (exact) mass is 234 g/mol. The van der Waals surface area contributed by atoms with Gasteiger partial charge < -0.3 is 15.1 Å². The van der Waals surface area contributed by atoms with Gasteiger partial charge in [-0.1, -0.05) is 0 Å². The average Bonchev–Trinajstić information content (AvgIpc) is 2.96. The zero-order valence-corrected chi connectivity index (χ0v) is 9.26. The fourth-order valence-corrected chi connectivity index (χ4v) is 1.78. The molecular formula is C11H14N4O2. The molecule has 0 fully saturated rings. The first kappa shape index (κ1) is 11.4. The third-order valence-corrected chi connectivity index (χ3v) is 2.67. The van der Waals surface area contributed by atoms with Crippen molar-refractivity contribution < 1.29 is 9.90 Å². The molecule has 0 saturated heterocycles. The van der Waals surface area contributed by atoms with Gasteiger partial charge in [-0.3, -0.25) is 4.79 Å². The third-order valence-electron chi connectivity index (χ3n) is 2.67. The summed E-state index contributed by atoms with van der Waals surface area (Å²) in [7, 11) is 0. The van der Waals surface area contributed by atoms with Crippen molar-refractivity contribution in [1.29, 1.82) is 0 Å². The predicted octanol–water partition coefficient (Wildman–Crippen LogP) is 1.32. The van der Waals surface area contributed by atoms with Crippen LogP contribution in [0, 0.1) is 0 Å².